The van der Waals surface area contributed by atoms with Crippen LogP contribution in [0, 0.1) is 0 Å². The van der Waals surface area contributed by atoms with Crippen molar-refractivity contribution in [3.63, 3.8) is 0 Å². The number of fused-ring (bicyclic) bond motifs is 1. The largest absolute Gasteiger partial charge is 0.348 e. The minimum atomic E-state index is 0.0827. The Balaban J connectivity index is 1.10. The van der Waals surface area contributed by atoms with Crippen molar-refractivity contribution in [1.29, 1.82) is 0 Å². The van der Waals surface area contributed by atoms with E-state index in [-0.39, 0.29) is 5.41 Å². The number of aromatic amines is 1. The monoisotopic (exact) mass is 375 g/mol. The highest BCUT2D eigenvalue weighted by atomic mass is 16.5. The van der Waals surface area contributed by atoms with Gasteiger partial charge in [0.2, 0.25) is 5.89 Å². The second kappa shape index (κ2) is 6.27. The van der Waals surface area contributed by atoms with Gasteiger partial charge >= 0.3 is 0 Å². The number of aryl methyl sites for hydroxylation is 1. The first-order valence-electron chi connectivity index (χ1n) is 10.4. The summed E-state index contributed by atoms with van der Waals surface area (Å²) in [6.45, 7) is 0.954. The van der Waals surface area contributed by atoms with Crippen molar-refractivity contribution in [2.45, 2.75) is 61.8 Å². The van der Waals surface area contributed by atoms with E-state index in [4.69, 9.17) is 9.51 Å². The zero-order valence-electron chi connectivity index (χ0n) is 15.9. The third kappa shape index (κ3) is 2.87. The summed E-state index contributed by atoms with van der Waals surface area (Å²) in [5.74, 6) is 2.67. The summed E-state index contributed by atoms with van der Waals surface area (Å²) in [7, 11) is 0. The fraction of sp³-hybridized carbons (Fsp3) is 0.500. The van der Waals surface area contributed by atoms with Gasteiger partial charge in [0.05, 0.1) is 12.0 Å². The van der Waals surface area contributed by atoms with Crippen LogP contribution in [-0.2, 0) is 18.3 Å². The van der Waals surface area contributed by atoms with Gasteiger partial charge < -0.3 is 14.8 Å². The minimum Gasteiger partial charge on any atom is -0.348 e. The van der Waals surface area contributed by atoms with Gasteiger partial charge in [0.15, 0.2) is 5.82 Å². The number of hydrogen-bond donors (Lipinski definition) is 2. The summed E-state index contributed by atoms with van der Waals surface area (Å²) < 4.78 is 5.71. The first kappa shape index (κ1) is 16.5. The first-order chi connectivity index (χ1) is 13.8. The van der Waals surface area contributed by atoms with Crippen LogP contribution < -0.4 is 5.32 Å². The Hall–Kier alpha value is -2.47. The molecule has 6 nitrogen and oxygen atoms in total. The molecule has 2 N–H and O–H groups in total. The number of imidazole rings is 1. The predicted octanol–water partition coefficient (Wildman–Crippen LogP) is 3.24. The fourth-order valence-corrected chi connectivity index (χ4v) is 4.67. The van der Waals surface area contributed by atoms with Crippen molar-refractivity contribution < 1.29 is 4.52 Å². The molecule has 0 amide bonds. The second-order valence-corrected chi connectivity index (χ2v) is 8.74. The molecule has 3 aliphatic carbocycles. The number of benzene rings is 1. The highest BCUT2D eigenvalue weighted by Gasteiger charge is 2.50. The molecule has 3 atom stereocenters. The molecule has 2 saturated carbocycles. The van der Waals surface area contributed by atoms with Crippen LogP contribution in [0.3, 0.4) is 0 Å². The van der Waals surface area contributed by atoms with Gasteiger partial charge in [0, 0.05) is 42.0 Å². The fourth-order valence-electron chi connectivity index (χ4n) is 4.67. The van der Waals surface area contributed by atoms with Crippen LogP contribution in [0.2, 0.25) is 0 Å². The quantitative estimate of drug-likeness (QED) is 0.691. The Bertz CT molecular complexity index is 974. The molecule has 2 fully saturated rings. The number of hydrogen-bond acceptors (Lipinski definition) is 5. The first-order valence-corrected chi connectivity index (χ1v) is 10.4. The lowest BCUT2D eigenvalue weighted by Gasteiger charge is -2.17. The van der Waals surface area contributed by atoms with Gasteiger partial charge in [-0.05, 0) is 37.7 Å². The van der Waals surface area contributed by atoms with E-state index >= 15 is 0 Å². The van der Waals surface area contributed by atoms with E-state index in [1.807, 2.05) is 0 Å². The van der Waals surface area contributed by atoms with E-state index in [0.717, 1.165) is 50.4 Å². The molecular weight excluding hydrogens is 350 g/mol. The Labute approximate surface area is 164 Å². The van der Waals surface area contributed by atoms with Gasteiger partial charge in [-0.3, -0.25) is 0 Å². The summed E-state index contributed by atoms with van der Waals surface area (Å²) in [4.78, 5) is 12.5. The SMILES string of the molecule is c1ccc(C2C[C@@H]2NCC2(c3noc(C4CCc5nc[nH]c5C4)n3)CC2)cc1. The molecule has 2 unspecified atom stereocenters. The molecule has 144 valence electrons. The number of nitrogens with one attached hydrogen (secondary N) is 2. The Morgan fingerprint density at radius 3 is 2.96 bits per heavy atom. The van der Waals surface area contributed by atoms with Crippen molar-refractivity contribution in [2.75, 3.05) is 6.54 Å². The van der Waals surface area contributed by atoms with Gasteiger partial charge in [-0.25, -0.2) is 4.98 Å². The van der Waals surface area contributed by atoms with Crippen LogP contribution >= 0.6 is 0 Å². The van der Waals surface area contributed by atoms with Crippen molar-refractivity contribution in [3.05, 3.63) is 65.3 Å². The summed E-state index contributed by atoms with van der Waals surface area (Å²) in [5.41, 5.74) is 3.94. The van der Waals surface area contributed by atoms with Gasteiger partial charge in [-0.2, -0.15) is 4.98 Å². The number of rotatable bonds is 6. The van der Waals surface area contributed by atoms with Crippen LogP contribution in [-0.4, -0.2) is 32.7 Å². The maximum Gasteiger partial charge on any atom is 0.230 e. The minimum absolute atomic E-state index is 0.0827. The maximum atomic E-state index is 5.71. The lowest BCUT2D eigenvalue weighted by atomic mass is 9.90. The predicted molar refractivity (Wildman–Crippen MR) is 104 cm³/mol. The molecule has 3 aliphatic rings. The highest BCUT2D eigenvalue weighted by Crippen LogP contribution is 2.48. The molecule has 2 aromatic heterocycles. The molecule has 0 saturated heterocycles. The summed E-state index contributed by atoms with van der Waals surface area (Å²) in [5, 5.41) is 8.16. The lowest BCUT2D eigenvalue weighted by molar-refractivity contribution is 0.333. The number of nitrogens with zero attached hydrogens (tertiary/aromatic N) is 3. The molecule has 1 aromatic carbocycles. The number of H-pyrrole nitrogens is 1. The zero-order chi connectivity index (χ0) is 18.6. The third-order valence-corrected chi connectivity index (χ3v) is 6.83. The van der Waals surface area contributed by atoms with Crippen LogP contribution in [0.25, 0.3) is 0 Å². The molecule has 3 aromatic rings. The topological polar surface area (TPSA) is 79.6 Å². The standard InChI is InChI=1S/C22H25N5O/c1-2-4-14(5-3-1)16-11-18(16)23-12-22(8-9-22)21-26-20(28-27-21)15-6-7-17-19(10-15)25-13-24-17/h1-5,13,15-16,18,23H,6-12H2,(H,24,25)/t15?,16?,18-/m0/s1. The van der Waals surface area contributed by atoms with Crippen LogP contribution in [0.15, 0.2) is 41.2 Å². The summed E-state index contributed by atoms with van der Waals surface area (Å²) >= 11 is 0. The lowest BCUT2D eigenvalue weighted by Crippen LogP contribution is -2.30. The van der Waals surface area contributed by atoms with E-state index in [0.29, 0.717) is 17.9 Å². The van der Waals surface area contributed by atoms with Crippen molar-refractivity contribution in [3.8, 4) is 0 Å². The van der Waals surface area contributed by atoms with Gasteiger partial charge in [-0.15, -0.1) is 0 Å². The van der Waals surface area contributed by atoms with Crippen LogP contribution in [0.1, 0.15) is 66.2 Å². The molecule has 6 heteroatoms. The molecule has 0 spiro atoms. The molecule has 6 rings (SSSR count). The molecule has 0 bridgehead atoms. The average Bonchev–Trinajstić information content (AvgIpc) is 3.58. The molecule has 28 heavy (non-hydrogen) atoms. The normalized spacial score (nSPS) is 27.4. The molecule has 2 heterocycles. The van der Waals surface area contributed by atoms with E-state index < -0.39 is 0 Å². The van der Waals surface area contributed by atoms with E-state index in [1.54, 1.807) is 6.33 Å². The van der Waals surface area contributed by atoms with Gasteiger partial charge in [-0.1, -0.05) is 35.5 Å². The molecule has 0 aliphatic heterocycles. The Morgan fingerprint density at radius 2 is 2.11 bits per heavy atom. The Morgan fingerprint density at radius 1 is 1.21 bits per heavy atom. The van der Waals surface area contributed by atoms with E-state index in [9.17, 15) is 0 Å². The Kier molecular flexibility index (Phi) is 3.69. The second-order valence-electron chi connectivity index (χ2n) is 8.74. The average molecular weight is 375 g/mol. The summed E-state index contributed by atoms with van der Waals surface area (Å²) in [6, 6.07) is 11.4. The summed E-state index contributed by atoms with van der Waals surface area (Å²) in [6.07, 6.45) is 8.25. The van der Waals surface area contributed by atoms with Crippen molar-refractivity contribution >= 4 is 0 Å². The molecule has 0 radical (unpaired) electrons. The smallest absolute Gasteiger partial charge is 0.230 e. The van der Waals surface area contributed by atoms with Crippen molar-refractivity contribution in [1.82, 2.24) is 25.4 Å². The van der Waals surface area contributed by atoms with E-state index in [2.05, 4.69) is 50.8 Å². The van der Waals surface area contributed by atoms with Crippen LogP contribution in [0.5, 0.6) is 0 Å². The van der Waals surface area contributed by atoms with Crippen molar-refractivity contribution in [2.24, 2.45) is 0 Å². The van der Waals surface area contributed by atoms with Gasteiger partial charge in [0.1, 0.15) is 0 Å². The zero-order valence-corrected chi connectivity index (χ0v) is 15.9. The van der Waals surface area contributed by atoms with Gasteiger partial charge in [0.25, 0.3) is 0 Å². The highest BCUT2D eigenvalue weighted by molar-refractivity contribution is 5.28. The van der Waals surface area contributed by atoms with Crippen LogP contribution in [0.4, 0.5) is 0 Å². The third-order valence-electron chi connectivity index (χ3n) is 6.83. The number of aromatic nitrogens is 4. The van der Waals surface area contributed by atoms with E-state index in [1.165, 1.54) is 23.4 Å². The molecular formula is C22H25N5O. The maximum absolute atomic E-state index is 5.71.